The van der Waals surface area contributed by atoms with Gasteiger partial charge in [-0.15, -0.1) is 10.2 Å². The van der Waals surface area contributed by atoms with Gasteiger partial charge in [0.2, 0.25) is 11.8 Å². The minimum absolute atomic E-state index is 0.315. The summed E-state index contributed by atoms with van der Waals surface area (Å²) < 4.78 is 17.9. The first-order valence-electron chi connectivity index (χ1n) is 10.3. The minimum atomic E-state index is 0.315. The van der Waals surface area contributed by atoms with Gasteiger partial charge in [0.05, 0.1) is 6.61 Å². The van der Waals surface area contributed by atoms with Crippen molar-refractivity contribution < 1.29 is 13.9 Å². The molecule has 5 aromatic rings. The molecule has 158 valence electrons. The molecule has 0 fully saturated rings. The zero-order valence-electron chi connectivity index (χ0n) is 17.6. The predicted octanol–water partition coefficient (Wildman–Crippen LogP) is 5.85. The number of aryl methyl sites for hydroxylation is 1. The lowest BCUT2D eigenvalue weighted by molar-refractivity contribution is 0.343. The van der Waals surface area contributed by atoms with E-state index < -0.39 is 0 Å². The molecule has 7 heteroatoms. The van der Waals surface area contributed by atoms with Crippen LogP contribution in [0.4, 0.5) is 0 Å². The topological polar surface area (TPSA) is 83.2 Å². The van der Waals surface area contributed by atoms with Crippen molar-refractivity contribution in [2.75, 3.05) is 6.61 Å². The average molecular weight is 424 g/mol. The molecule has 0 unspecified atom stereocenters. The molecule has 0 saturated carbocycles. The van der Waals surface area contributed by atoms with Gasteiger partial charge in [0.25, 0.3) is 5.89 Å². The minimum Gasteiger partial charge on any atom is -0.492 e. The molecule has 0 radical (unpaired) electrons. The van der Waals surface area contributed by atoms with Gasteiger partial charge in [0, 0.05) is 23.3 Å². The van der Waals surface area contributed by atoms with E-state index >= 15 is 0 Å². The summed E-state index contributed by atoms with van der Waals surface area (Å²) in [5.41, 5.74) is 3.22. The van der Waals surface area contributed by atoms with Crippen LogP contribution in [0, 0.1) is 6.92 Å². The molecule has 3 heterocycles. The van der Waals surface area contributed by atoms with Gasteiger partial charge in [0.15, 0.2) is 0 Å². The summed E-state index contributed by atoms with van der Waals surface area (Å²) in [6, 6.07) is 19.1. The fourth-order valence-corrected chi connectivity index (χ4v) is 3.32. The van der Waals surface area contributed by atoms with Crippen LogP contribution in [-0.2, 0) is 0 Å². The second-order valence-electron chi connectivity index (χ2n) is 7.17. The largest absolute Gasteiger partial charge is 0.492 e. The number of pyridine rings is 2. The van der Waals surface area contributed by atoms with Gasteiger partial charge in [-0.1, -0.05) is 29.8 Å². The van der Waals surface area contributed by atoms with Gasteiger partial charge >= 0.3 is 0 Å². The highest BCUT2D eigenvalue weighted by molar-refractivity contribution is 5.89. The van der Waals surface area contributed by atoms with Crippen LogP contribution in [0.3, 0.4) is 0 Å². The van der Waals surface area contributed by atoms with Gasteiger partial charge in [-0.25, -0.2) is 4.98 Å². The lowest BCUT2D eigenvalue weighted by atomic mass is 10.1. The number of fused-ring (bicyclic) bond motifs is 1. The molecule has 2 aromatic carbocycles. The molecule has 0 amide bonds. The number of nitrogens with zero attached hydrogens (tertiary/aromatic N) is 4. The number of para-hydroxylation sites is 1. The first kappa shape index (κ1) is 19.7. The molecule has 0 atom stereocenters. The van der Waals surface area contributed by atoms with E-state index in [1.54, 1.807) is 12.4 Å². The smallest absolute Gasteiger partial charge is 0.253 e. The Morgan fingerprint density at radius 1 is 0.906 bits per heavy atom. The van der Waals surface area contributed by atoms with Gasteiger partial charge in [-0.3, -0.25) is 4.98 Å². The van der Waals surface area contributed by atoms with Crippen molar-refractivity contribution in [2.24, 2.45) is 0 Å². The van der Waals surface area contributed by atoms with E-state index in [1.165, 1.54) is 0 Å². The molecule has 5 rings (SSSR count). The molecule has 0 N–H and O–H groups in total. The maximum absolute atomic E-state index is 6.17. The molecule has 0 aliphatic heterocycles. The van der Waals surface area contributed by atoms with Crippen LogP contribution in [-0.4, -0.2) is 26.8 Å². The Balaban J connectivity index is 1.64. The maximum Gasteiger partial charge on any atom is 0.253 e. The maximum atomic E-state index is 6.17. The zero-order valence-corrected chi connectivity index (χ0v) is 17.6. The number of rotatable bonds is 6. The van der Waals surface area contributed by atoms with Crippen molar-refractivity contribution in [3.05, 3.63) is 78.6 Å². The Kier molecular flexibility index (Phi) is 5.21. The van der Waals surface area contributed by atoms with E-state index in [-0.39, 0.29) is 0 Å². The third kappa shape index (κ3) is 3.88. The van der Waals surface area contributed by atoms with Crippen LogP contribution >= 0.6 is 0 Å². The first-order chi connectivity index (χ1) is 15.7. The molecule has 0 saturated heterocycles. The lowest BCUT2D eigenvalue weighted by Gasteiger charge is -2.12. The molecule has 0 aliphatic carbocycles. The number of ether oxygens (including phenoxy) is 2. The van der Waals surface area contributed by atoms with E-state index in [4.69, 9.17) is 18.9 Å². The van der Waals surface area contributed by atoms with Crippen LogP contribution in [0.1, 0.15) is 12.5 Å². The van der Waals surface area contributed by atoms with Gasteiger partial charge in [-0.05, 0) is 50.2 Å². The van der Waals surface area contributed by atoms with Crippen LogP contribution in [0.2, 0.25) is 0 Å². The SMILES string of the molecule is CCOc1cccc2cc(-c3nnc(-c4ccncc4)o3)c(Oc3ccc(C)cc3)nc12. The van der Waals surface area contributed by atoms with Crippen LogP contribution in [0.5, 0.6) is 17.4 Å². The summed E-state index contributed by atoms with van der Waals surface area (Å²) in [6.45, 7) is 4.50. The van der Waals surface area contributed by atoms with Crippen molar-refractivity contribution in [3.8, 4) is 40.3 Å². The summed E-state index contributed by atoms with van der Waals surface area (Å²) in [5, 5.41) is 9.33. The molecule has 0 aliphatic rings. The Bertz CT molecular complexity index is 1370. The fraction of sp³-hybridized carbons (Fsp3) is 0.120. The number of benzene rings is 2. The third-order valence-electron chi connectivity index (χ3n) is 4.89. The Hall–Kier alpha value is -4.26. The van der Waals surface area contributed by atoms with Crippen molar-refractivity contribution in [1.82, 2.24) is 20.2 Å². The Morgan fingerprint density at radius 3 is 2.47 bits per heavy atom. The predicted molar refractivity (Wildman–Crippen MR) is 121 cm³/mol. The Labute approximate surface area is 184 Å². The molecule has 7 nitrogen and oxygen atoms in total. The van der Waals surface area contributed by atoms with Crippen LogP contribution in [0.15, 0.2) is 77.5 Å². The van der Waals surface area contributed by atoms with E-state index in [1.807, 2.05) is 74.5 Å². The molecule has 0 spiro atoms. The number of hydrogen-bond donors (Lipinski definition) is 0. The first-order valence-corrected chi connectivity index (χ1v) is 10.3. The molecule has 0 bridgehead atoms. The Morgan fingerprint density at radius 2 is 1.69 bits per heavy atom. The number of aromatic nitrogens is 4. The quantitative estimate of drug-likeness (QED) is 0.338. The summed E-state index contributed by atoms with van der Waals surface area (Å²) >= 11 is 0. The van der Waals surface area contributed by atoms with E-state index in [0.29, 0.717) is 46.8 Å². The van der Waals surface area contributed by atoms with E-state index in [2.05, 4.69) is 15.2 Å². The van der Waals surface area contributed by atoms with E-state index in [9.17, 15) is 0 Å². The highest BCUT2D eigenvalue weighted by Gasteiger charge is 2.19. The molecular weight excluding hydrogens is 404 g/mol. The van der Waals surface area contributed by atoms with Crippen molar-refractivity contribution >= 4 is 10.9 Å². The van der Waals surface area contributed by atoms with Gasteiger partial charge in [0.1, 0.15) is 22.6 Å². The molecule has 3 aromatic heterocycles. The third-order valence-corrected chi connectivity index (χ3v) is 4.89. The van der Waals surface area contributed by atoms with Crippen molar-refractivity contribution in [2.45, 2.75) is 13.8 Å². The lowest BCUT2D eigenvalue weighted by Crippen LogP contribution is -1.97. The van der Waals surface area contributed by atoms with E-state index in [0.717, 1.165) is 16.5 Å². The van der Waals surface area contributed by atoms with Crippen molar-refractivity contribution in [1.29, 1.82) is 0 Å². The summed E-state index contributed by atoms with van der Waals surface area (Å²) in [5.74, 6) is 2.42. The summed E-state index contributed by atoms with van der Waals surface area (Å²) in [4.78, 5) is 8.81. The monoisotopic (exact) mass is 424 g/mol. The molecular formula is C25H20N4O3. The normalized spacial score (nSPS) is 10.9. The zero-order chi connectivity index (χ0) is 21.9. The standard InChI is InChI=1S/C25H20N4O3/c1-3-30-21-6-4-5-18-15-20(25-29-28-23(32-25)17-11-13-26-14-12-17)24(27-22(18)21)31-19-9-7-16(2)8-10-19/h4-15H,3H2,1-2H3. The second kappa shape index (κ2) is 8.47. The second-order valence-corrected chi connectivity index (χ2v) is 7.17. The van der Waals surface area contributed by atoms with Crippen LogP contribution in [0.25, 0.3) is 33.8 Å². The van der Waals surface area contributed by atoms with Gasteiger partial charge < -0.3 is 13.9 Å². The summed E-state index contributed by atoms with van der Waals surface area (Å²) in [7, 11) is 0. The average Bonchev–Trinajstić information content (AvgIpc) is 3.31. The number of hydrogen-bond acceptors (Lipinski definition) is 7. The molecule has 32 heavy (non-hydrogen) atoms. The highest BCUT2D eigenvalue weighted by atomic mass is 16.5. The highest BCUT2D eigenvalue weighted by Crippen LogP contribution is 2.37. The van der Waals surface area contributed by atoms with Crippen LogP contribution < -0.4 is 9.47 Å². The van der Waals surface area contributed by atoms with Crippen molar-refractivity contribution in [3.63, 3.8) is 0 Å². The van der Waals surface area contributed by atoms with Gasteiger partial charge in [-0.2, -0.15) is 0 Å². The fourth-order valence-electron chi connectivity index (χ4n) is 3.32. The summed E-state index contributed by atoms with van der Waals surface area (Å²) in [6.07, 6.45) is 3.36.